The second-order valence-corrected chi connectivity index (χ2v) is 7.78. The highest BCUT2D eigenvalue weighted by Crippen LogP contribution is 2.15. The fraction of sp³-hybridized carbons (Fsp3) is 0.636. The zero-order valence-electron chi connectivity index (χ0n) is 17.2. The maximum atomic E-state index is 11.8. The van der Waals surface area contributed by atoms with Crippen molar-refractivity contribution in [3.8, 4) is 5.75 Å². The average molecular weight is 377 g/mol. The maximum absolute atomic E-state index is 11.8. The number of rotatable bonds is 12. The lowest BCUT2D eigenvalue weighted by Gasteiger charge is -2.21. The minimum absolute atomic E-state index is 0.362. The van der Waals surface area contributed by atoms with Crippen LogP contribution in [0.2, 0.25) is 0 Å². The lowest BCUT2D eigenvalue weighted by Crippen LogP contribution is -2.41. The zero-order valence-corrected chi connectivity index (χ0v) is 17.2. The number of amides is 1. The van der Waals surface area contributed by atoms with Crippen LogP contribution in [0.5, 0.6) is 5.75 Å². The summed E-state index contributed by atoms with van der Waals surface area (Å²) in [4.78, 5) is 22.9. The molecular weight excluding hydrogens is 342 g/mol. The second-order valence-electron chi connectivity index (χ2n) is 7.78. The van der Waals surface area contributed by atoms with Crippen LogP contribution in [0, 0.1) is 0 Å². The molecule has 0 aliphatic carbocycles. The Kier molecular flexibility index (Phi) is 10.5. The van der Waals surface area contributed by atoms with Crippen LogP contribution in [0.3, 0.4) is 0 Å². The van der Waals surface area contributed by atoms with Crippen LogP contribution in [0.25, 0.3) is 0 Å². The molecule has 0 saturated heterocycles. The Morgan fingerprint density at radius 3 is 2.30 bits per heavy atom. The molecule has 1 aromatic rings. The molecule has 5 nitrogen and oxygen atoms in total. The lowest BCUT2D eigenvalue weighted by molar-refractivity contribution is 0.0517. The van der Waals surface area contributed by atoms with Crippen molar-refractivity contribution in [3.05, 3.63) is 29.8 Å². The van der Waals surface area contributed by atoms with E-state index in [1.807, 2.05) is 30.6 Å². The van der Waals surface area contributed by atoms with Gasteiger partial charge < -0.3 is 14.8 Å². The number of benzene rings is 1. The molecule has 1 atom stereocenters. The van der Waals surface area contributed by atoms with Gasteiger partial charge in [-0.1, -0.05) is 51.2 Å². The first-order valence-corrected chi connectivity index (χ1v) is 9.93. The Morgan fingerprint density at radius 2 is 1.70 bits per heavy atom. The van der Waals surface area contributed by atoms with Crippen LogP contribution in [-0.4, -0.2) is 30.6 Å². The van der Waals surface area contributed by atoms with Crippen molar-refractivity contribution >= 4 is 12.4 Å². The molecule has 151 valence electrons. The van der Waals surface area contributed by atoms with Gasteiger partial charge in [0.05, 0.1) is 6.61 Å². The molecule has 1 N–H and O–H groups in total. The standard InChI is InChI=1S/C22H34NO4/c1-5-6-7-8-9-10-15-26-20-13-11-18(12-14-20)16-19(17-24)23-21(25)27-22(2,3)4/h11-14,19H,5-10,15-16H2,1-4H3,(H,23,25). The fourth-order valence-electron chi connectivity index (χ4n) is 2.60. The van der Waals surface area contributed by atoms with E-state index in [9.17, 15) is 9.59 Å². The van der Waals surface area contributed by atoms with Crippen LogP contribution >= 0.6 is 0 Å². The summed E-state index contributed by atoms with van der Waals surface area (Å²) >= 11 is 0. The Hall–Kier alpha value is -2.04. The average Bonchev–Trinajstić information content (AvgIpc) is 2.60. The van der Waals surface area contributed by atoms with E-state index < -0.39 is 17.7 Å². The number of nitrogens with one attached hydrogen (secondary N) is 1. The highest BCUT2D eigenvalue weighted by Gasteiger charge is 2.19. The molecule has 0 aliphatic heterocycles. The Morgan fingerprint density at radius 1 is 1.07 bits per heavy atom. The number of hydrogen-bond donors (Lipinski definition) is 1. The molecule has 0 saturated carbocycles. The summed E-state index contributed by atoms with van der Waals surface area (Å²) < 4.78 is 10.9. The van der Waals surface area contributed by atoms with Gasteiger partial charge in [0.15, 0.2) is 0 Å². The van der Waals surface area contributed by atoms with Crippen molar-refractivity contribution in [1.29, 1.82) is 0 Å². The molecule has 1 amide bonds. The molecule has 0 fully saturated rings. The van der Waals surface area contributed by atoms with Crippen molar-refractivity contribution in [2.45, 2.75) is 84.3 Å². The van der Waals surface area contributed by atoms with E-state index in [1.54, 1.807) is 20.8 Å². The summed E-state index contributed by atoms with van der Waals surface area (Å²) in [6, 6.07) is 6.84. The quantitative estimate of drug-likeness (QED) is 0.523. The molecule has 0 bridgehead atoms. The highest BCUT2D eigenvalue weighted by atomic mass is 16.6. The molecule has 27 heavy (non-hydrogen) atoms. The molecule has 1 radical (unpaired) electrons. The molecule has 1 aromatic carbocycles. The van der Waals surface area contributed by atoms with E-state index in [-0.39, 0.29) is 0 Å². The van der Waals surface area contributed by atoms with Gasteiger partial charge in [0.2, 0.25) is 6.29 Å². The molecular formula is C22H34NO4. The Labute approximate surface area is 163 Å². The van der Waals surface area contributed by atoms with Crippen molar-refractivity contribution in [2.24, 2.45) is 0 Å². The third-order valence-electron chi connectivity index (χ3n) is 3.96. The van der Waals surface area contributed by atoms with Gasteiger partial charge in [0.25, 0.3) is 0 Å². The molecule has 1 unspecified atom stereocenters. The molecule has 0 aromatic heterocycles. The van der Waals surface area contributed by atoms with Crippen LogP contribution in [0.1, 0.15) is 71.8 Å². The first-order valence-electron chi connectivity index (χ1n) is 9.93. The largest absolute Gasteiger partial charge is 0.494 e. The van der Waals surface area contributed by atoms with Crippen LogP contribution in [0.15, 0.2) is 24.3 Å². The summed E-state index contributed by atoms with van der Waals surface area (Å²) in [5, 5.41) is 2.53. The van der Waals surface area contributed by atoms with E-state index in [0.717, 1.165) is 24.3 Å². The van der Waals surface area contributed by atoms with Crippen molar-refractivity contribution in [3.63, 3.8) is 0 Å². The molecule has 1 rings (SSSR count). The van der Waals surface area contributed by atoms with Crippen LogP contribution in [-0.2, 0) is 16.0 Å². The molecule has 5 heteroatoms. The minimum atomic E-state index is -0.741. The molecule has 0 heterocycles. The van der Waals surface area contributed by atoms with Gasteiger partial charge in [0, 0.05) is 6.42 Å². The van der Waals surface area contributed by atoms with Gasteiger partial charge in [-0.3, -0.25) is 4.79 Å². The van der Waals surface area contributed by atoms with Gasteiger partial charge in [0.1, 0.15) is 17.4 Å². The number of ether oxygens (including phenoxy) is 2. The minimum Gasteiger partial charge on any atom is -0.494 e. The lowest BCUT2D eigenvalue weighted by atomic mass is 10.1. The topological polar surface area (TPSA) is 64.6 Å². The van der Waals surface area contributed by atoms with Gasteiger partial charge >= 0.3 is 6.09 Å². The summed E-state index contributed by atoms with van der Waals surface area (Å²) in [5.41, 5.74) is 0.318. The number of hydrogen-bond acceptors (Lipinski definition) is 4. The zero-order chi connectivity index (χ0) is 20.1. The summed E-state index contributed by atoms with van der Waals surface area (Å²) in [5.74, 6) is 0.819. The van der Waals surface area contributed by atoms with Crippen LogP contribution < -0.4 is 10.1 Å². The summed E-state index contributed by atoms with van der Waals surface area (Å²) in [7, 11) is 0. The summed E-state index contributed by atoms with van der Waals surface area (Å²) in [6.07, 6.45) is 9.00. The highest BCUT2D eigenvalue weighted by molar-refractivity contribution is 5.73. The first-order chi connectivity index (χ1) is 12.8. The van der Waals surface area contributed by atoms with Crippen molar-refractivity contribution in [2.75, 3.05) is 6.61 Å². The van der Waals surface area contributed by atoms with Gasteiger partial charge in [-0.25, -0.2) is 4.79 Å². The second kappa shape index (κ2) is 12.4. The maximum Gasteiger partial charge on any atom is 0.408 e. The number of carbonyl (C=O) groups excluding carboxylic acids is 2. The van der Waals surface area contributed by atoms with Gasteiger partial charge in [-0.15, -0.1) is 0 Å². The van der Waals surface area contributed by atoms with E-state index >= 15 is 0 Å². The third kappa shape index (κ3) is 11.3. The van der Waals surface area contributed by atoms with Gasteiger partial charge in [-0.2, -0.15) is 0 Å². The summed E-state index contributed by atoms with van der Waals surface area (Å²) in [6.45, 7) is 8.26. The number of carbonyl (C=O) groups is 1. The van der Waals surface area contributed by atoms with Crippen LogP contribution in [0.4, 0.5) is 4.79 Å². The monoisotopic (exact) mass is 376 g/mol. The normalized spacial score (nSPS) is 12.3. The first kappa shape index (κ1) is 23.0. The Balaban J connectivity index is 2.35. The number of alkyl carbamates (subject to hydrolysis) is 1. The Bertz CT molecular complexity index is 548. The van der Waals surface area contributed by atoms with E-state index in [0.29, 0.717) is 6.42 Å². The SMILES string of the molecule is CCCCCCCCOc1ccc(CC([C]=O)NC(=O)OC(C)(C)C)cc1. The predicted octanol–water partition coefficient (Wildman–Crippen LogP) is 4.97. The van der Waals surface area contributed by atoms with E-state index in [1.165, 1.54) is 32.1 Å². The molecule has 0 aliphatic rings. The predicted molar refractivity (Wildman–Crippen MR) is 108 cm³/mol. The third-order valence-corrected chi connectivity index (χ3v) is 3.96. The number of unbranched alkanes of at least 4 members (excludes halogenated alkanes) is 5. The fourth-order valence-corrected chi connectivity index (χ4v) is 2.60. The molecule has 0 spiro atoms. The van der Waals surface area contributed by atoms with E-state index in [2.05, 4.69) is 12.2 Å². The van der Waals surface area contributed by atoms with Gasteiger partial charge in [-0.05, 0) is 44.9 Å². The van der Waals surface area contributed by atoms with Crippen molar-refractivity contribution < 1.29 is 19.1 Å². The van der Waals surface area contributed by atoms with E-state index in [4.69, 9.17) is 9.47 Å². The smallest absolute Gasteiger partial charge is 0.408 e. The van der Waals surface area contributed by atoms with Crippen molar-refractivity contribution in [1.82, 2.24) is 5.32 Å².